The van der Waals surface area contributed by atoms with E-state index in [-0.39, 0.29) is 17.2 Å². The fraction of sp³-hybridized carbons (Fsp3) is 0.273. The van der Waals surface area contributed by atoms with Crippen molar-refractivity contribution < 1.29 is 9.47 Å². The lowest BCUT2D eigenvalue weighted by atomic mass is 10.4. The normalized spacial score (nSPS) is 10.2. The number of nitrogens with zero attached hydrogens (tertiary/aromatic N) is 1. The summed E-state index contributed by atoms with van der Waals surface area (Å²) in [6.45, 7) is 0.466. The smallest absolute Gasteiger partial charge is 0.297 e. The maximum absolute atomic E-state index is 11.4. The highest BCUT2D eigenvalue weighted by Crippen LogP contribution is 2.18. The van der Waals surface area contributed by atoms with E-state index < -0.39 is 0 Å². The van der Waals surface area contributed by atoms with Gasteiger partial charge in [0.05, 0.1) is 20.0 Å². The number of ether oxygens (including phenoxy) is 2. The third-order valence-electron chi connectivity index (χ3n) is 2.15. The lowest BCUT2D eigenvalue weighted by Gasteiger charge is -2.07. The van der Waals surface area contributed by atoms with Crippen LogP contribution in [0.2, 0.25) is 0 Å². The Kier molecular flexibility index (Phi) is 3.77. The van der Waals surface area contributed by atoms with Gasteiger partial charge in [-0.05, 0) is 11.4 Å². The zero-order chi connectivity index (χ0) is 12.1. The van der Waals surface area contributed by atoms with Crippen LogP contribution in [0.1, 0.15) is 4.88 Å². The molecule has 1 N–H and O–H groups in total. The molecule has 0 aromatic carbocycles. The van der Waals surface area contributed by atoms with E-state index in [9.17, 15) is 4.79 Å². The number of thiophene rings is 1. The standard InChI is InChI=1S/C11H12N2O3S/c1-15-9-10(14)12-7-13-11(9)16-5-4-8-3-2-6-17-8/h2-3,6-7H,4-5H2,1H3,(H,12,13,14). The first-order chi connectivity index (χ1) is 8.31. The Balaban J connectivity index is 1.99. The van der Waals surface area contributed by atoms with Gasteiger partial charge in [-0.1, -0.05) is 6.07 Å². The van der Waals surface area contributed by atoms with Gasteiger partial charge in [-0.25, -0.2) is 4.98 Å². The second-order valence-corrected chi connectivity index (χ2v) is 4.28. The Morgan fingerprint density at radius 3 is 3.12 bits per heavy atom. The number of methoxy groups -OCH3 is 1. The van der Waals surface area contributed by atoms with Crippen molar-refractivity contribution in [2.24, 2.45) is 0 Å². The molecule has 0 aliphatic heterocycles. The molecule has 0 fully saturated rings. The zero-order valence-electron chi connectivity index (χ0n) is 9.30. The molecule has 2 heterocycles. The second-order valence-electron chi connectivity index (χ2n) is 3.25. The van der Waals surface area contributed by atoms with Crippen LogP contribution < -0.4 is 15.0 Å². The highest BCUT2D eigenvalue weighted by molar-refractivity contribution is 7.09. The molecule has 0 saturated carbocycles. The third-order valence-corrected chi connectivity index (χ3v) is 3.09. The van der Waals surface area contributed by atoms with E-state index in [1.165, 1.54) is 18.3 Å². The molecule has 6 heteroatoms. The van der Waals surface area contributed by atoms with Gasteiger partial charge in [-0.15, -0.1) is 11.3 Å². The summed E-state index contributed by atoms with van der Waals surface area (Å²) >= 11 is 1.67. The molecule has 0 aliphatic rings. The van der Waals surface area contributed by atoms with Crippen LogP contribution in [0.5, 0.6) is 11.6 Å². The molecule has 0 unspecified atom stereocenters. The van der Waals surface area contributed by atoms with Crippen LogP contribution in [0, 0.1) is 0 Å². The van der Waals surface area contributed by atoms with Gasteiger partial charge in [0.15, 0.2) is 0 Å². The van der Waals surface area contributed by atoms with Crippen LogP contribution in [0.15, 0.2) is 28.6 Å². The Morgan fingerprint density at radius 2 is 2.41 bits per heavy atom. The highest BCUT2D eigenvalue weighted by Gasteiger charge is 2.09. The van der Waals surface area contributed by atoms with Crippen molar-refractivity contribution in [1.82, 2.24) is 9.97 Å². The van der Waals surface area contributed by atoms with Gasteiger partial charge in [-0.3, -0.25) is 4.79 Å². The second kappa shape index (κ2) is 5.49. The maximum atomic E-state index is 11.4. The summed E-state index contributed by atoms with van der Waals surface area (Å²) in [6.07, 6.45) is 2.08. The van der Waals surface area contributed by atoms with Crippen molar-refractivity contribution in [3.05, 3.63) is 39.1 Å². The van der Waals surface area contributed by atoms with E-state index in [0.717, 1.165) is 6.42 Å². The molecule has 2 aromatic heterocycles. The molecule has 2 rings (SSSR count). The molecule has 0 atom stereocenters. The molecular formula is C11H12N2O3S. The number of rotatable bonds is 5. The quantitative estimate of drug-likeness (QED) is 0.875. The van der Waals surface area contributed by atoms with Crippen LogP contribution in [0.3, 0.4) is 0 Å². The summed E-state index contributed by atoms with van der Waals surface area (Å²) in [5, 5.41) is 2.02. The Labute approximate surface area is 102 Å². The average Bonchev–Trinajstić information content (AvgIpc) is 2.82. The van der Waals surface area contributed by atoms with Gasteiger partial charge in [0, 0.05) is 11.3 Å². The van der Waals surface area contributed by atoms with E-state index in [1.54, 1.807) is 11.3 Å². The Morgan fingerprint density at radius 1 is 1.53 bits per heavy atom. The molecular weight excluding hydrogens is 240 g/mol. The van der Waals surface area contributed by atoms with Crippen LogP contribution in [-0.2, 0) is 6.42 Å². The minimum atomic E-state index is -0.339. The first kappa shape index (κ1) is 11.7. The SMILES string of the molecule is COc1c(OCCc2cccs2)nc[nH]c1=O. The van der Waals surface area contributed by atoms with Gasteiger partial charge in [0.1, 0.15) is 0 Å². The van der Waals surface area contributed by atoms with Gasteiger partial charge < -0.3 is 14.5 Å². The minimum Gasteiger partial charge on any atom is -0.487 e. The molecule has 2 aromatic rings. The van der Waals surface area contributed by atoms with E-state index in [4.69, 9.17) is 9.47 Å². The molecule has 0 radical (unpaired) electrons. The fourth-order valence-electron chi connectivity index (χ4n) is 1.36. The first-order valence-electron chi connectivity index (χ1n) is 5.08. The molecule has 0 aliphatic carbocycles. The maximum Gasteiger partial charge on any atom is 0.297 e. The van der Waals surface area contributed by atoms with Crippen molar-refractivity contribution in [3.8, 4) is 11.6 Å². The number of nitrogens with one attached hydrogen (secondary N) is 1. The van der Waals surface area contributed by atoms with Gasteiger partial charge in [0.25, 0.3) is 11.4 Å². The summed E-state index contributed by atoms with van der Waals surface area (Å²) in [7, 11) is 1.42. The highest BCUT2D eigenvalue weighted by atomic mass is 32.1. The van der Waals surface area contributed by atoms with Crippen molar-refractivity contribution >= 4 is 11.3 Å². The largest absolute Gasteiger partial charge is 0.487 e. The Hall–Kier alpha value is -1.82. The van der Waals surface area contributed by atoms with Crippen molar-refractivity contribution in [1.29, 1.82) is 0 Å². The summed E-state index contributed by atoms with van der Waals surface area (Å²) in [6, 6.07) is 4.03. The van der Waals surface area contributed by atoms with E-state index in [1.807, 2.05) is 17.5 Å². The van der Waals surface area contributed by atoms with Gasteiger partial charge >= 0.3 is 0 Å². The predicted molar refractivity (Wildman–Crippen MR) is 64.9 cm³/mol. The van der Waals surface area contributed by atoms with Crippen LogP contribution >= 0.6 is 11.3 Å². The lowest BCUT2D eigenvalue weighted by molar-refractivity contribution is 0.283. The first-order valence-corrected chi connectivity index (χ1v) is 5.96. The van der Waals surface area contributed by atoms with Gasteiger partial charge in [0.2, 0.25) is 5.75 Å². The molecule has 0 spiro atoms. The predicted octanol–water partition coefficient (Wildman–Crippen LogP) is 1.46. The van der Waals surface area contributed by atoms with E-state index in [2.05, 4.69) is 9.97 Å². The average molecular weight is 252 g/mol. The molecule has 0 bridgehead atoms. The van der Waals surface area contributed by atoms with Crippen molar-refractivity contribution in [2.45, 2.75) is 6.42 Å². The van der Waals surface area contributed by atoms with Crippen LogP contribution in [0.4, 0.5) is 0 Å². The number of aromatic nitrogens is 2. The van der Waals surface area contributed by atoms with E-state index >= 15 is 0 Å². The third kappa shape index (κ3) is 2.85. The number of aromatic amines is 1. The van der Waals surface area contributed by atoms with Crippen molar-refractivity contribution in [3.63, 3.8) is 0 Å². The molecule has 0 amide bonds. The number of H-pyrrole nitrogens is 1. The summed E-state index contributed by atoms with van der Waals surface area (Å²) < 4.78 is 10.4. The number of hydrogen-bond donors (Lipinski definition) is 1. The Bertz CT molecular complexity index is 522. The monoisotopic (exact) mass is 252 g/mol. The summed E-state index contributed by atoms with van der Waals surface area (Å²) in [5.41, 5.74) is -0.339. The van der Waals surface area contributed by atoms with Crippen LogP contribution in [-0.4, -0.2) is 23.7 Å². The lowest BCUT2D eigenvalue weighted by Crippen LogP contribution is -2.13. The van der Waals surface area contributed by atoms with Crippen LogP contribution in [0.25, 0.3) is 0 Å². The molecule has 0 saturated heterocycles. The van der Waals surface area contributed by atoms with Crippen molar-refractivity contribution in [2.75, 3.05) is 13.7 Å². The zero-order valence-corrected chi connectivity index (χ0v) is 10.1. The molecule has 90 valence electrons. The molecule has 5 nitrogen and oxygen atoms in total. The van der Waals surface area contributed by atoms with E-state index in [0.29, 0.717) is 6.61 Å². The fourth-order valence-corrected chi connectivity index (χ4v) is 2.05. The minimum absolute atomic E-state index is 0.110. The summed E-state index contributed by atoms with van der Waals surface area (Å²) in [4.78, 5) is 19.0. The molecule has 17 heavy (non-hydrogen) atoms. The number of hydrogen-bond acceptors (Lipinski definition) is 5. The summed E-state index contributed by atoms with van der Waals surface area (Å²) in [5.74, 6) is 0.339. The topological polar surface area (TPSA) is 64.2 Å². The van der Waals surface area contributed by atoms with Gasteiger partial charge in [-0.2, -0.15) is 0 Å².